The molecule has 5 aromatic carbocycles. The standard InChI is InChI=1S/C31H24/c1-3-11-25-23-15-9-8-13-21(23)19-29-27-17-10-16-26-24-14-7-5-6-12-20(24)18-28(31(26)27)22(4-2)30(25)29/h3-13,15-19H,14H2,1-2H3/b11-3-,22-4-. The van der Waals surface area contributed by atoms with Gasteiger partial charge in [-0.25, -0.2) is 0 Å². The Hall–Kier alpha value is -3.64. The van der Waals surface area contributed by atoms with Gasteiger partial charge in [-0.2, -0.15) is 0 Å². The third-order valence-electron chi connectivity index (χ3n) is 6.71. The molecule has 0 spiro atoms. The van der Waals surface area contributed by atoms with Crippen LogP contribution in [0.1, 0.15) is 30.5 Å². The van der Waals surface area contributed by atoms with Crippen molar-refractivity contribution in [2.24, 2.45) is 0 Å². The molecule has 0 atom stereocenters. The molecule has 5 aromatic rings. The molecule has 0 heterocycles. The predicted molar refractivity (Wildman–Crippen MR) is 138 cm³/mol. The molecular formula is C31H24. The molecule has 1 aliphatic carbocycles. The molecular weight excluding hydrogens is 372 g/mol. The van der Waals surface area contributed by atoms with E-state index < -0.39 is 0 Å². The molecule has 0 fully saturated rings. The lowest BCUT2D eigenvalue weighted by atomic mass is 9.85. The van der Waals surface area contributed by atoms with Crippen molar-refractivity contribution in [2.45, 2.75) is 20.3 Å². The predicted octanol–water partition coefficient (Wildman–Crippen LogP) is 7.98. The molecule has 0 unspecified atom stereocenters. The highest BCUT2D eigenvalue weighted by Crippen LogP contribution is 2.38. The molecule has 0 radical (unpaired) electrons. The van der Waals surface area contributed by atoms with Crippen molar-refractivity contribution in [3.05, 3.63) is 101 Å². The SMILES string of the molecule is C/C=C\c1c2ccccc2cc2c1/c(=C\C)c1cc3c(c4cccc2c41)CC=CC=C3. The van der Waals surface area contributed by atoms with Crippen molar-refractivity contribution in [1.29, 1.82) is 0 Å². The lowest BCUT2D eigenvalue weighted by Gasteiger charge is -2.18. The zero-order valence-corrected chi connectivity index (χ0v) is 17.9. The van der Waals surface area contributed by atoms with Crippen LogP contribution >= 0.6 is 0 Å². The van der Waals surface area contributed by atoms with Gasteiger partial charge in [0.1, 0.15) is 0 Å². The molecule has 0 nitrogen and oxygen atoms in total. The normalized spacial score (nSPS) is 14.5. The minimum Gasteiger partial charge on any atom is -0.0870 e. The fourth-order valence-corrected chi connectivity index (χ4v) is 5.45. The molecule has 0 N–H and O–H groups in total. The number of benzene rings is 5. The van der Waals surface area contributed by atoms with Gasteiger partial charge in [0.05, 0.1) is 0 Å². The Kier molecular flexibility index (Phi) is 4.07. The van der Waals surface area contributed by atoms with Crippen molar-refractivity contribution in [2.75, 3.05) is 0 Å². The minimum absolute atomic E-state index is 0.974. The summed E-state index contributed by atoms with van der Waals surface area (Å²) < 4.78 is 0. The number of allylic oxidation sites excluding steroid dienone is 4. The van der Waals surface area contributed by atoms with Gasteiger partial charge in [-0.15, -0.1) is 0 Å². The van der Waals surface area contributed by atoms with Crippen LogP contribution in [0.2, 0.25) is 0 Å². The van der Waals surface area contributed by atoms with Crippen LogP contribution in [0.3, 0.4) is 0 Å². The summed E-state index contributed by atoms with van der Waals surface area (Å²) >= 11 is 0. The maximum atomic E-state index is 2.41. The maximum Gasteiger partial charge on any atom is -0.00232 e. The zero-order chi connectivity index (χ0) is 20.9. The van der Waals surface area contributed by atoms with Crippen molar-refractivity contribution >= 4 is 61.3 Å². The molecule has 0 saturated carbocycles. The quantitative estimate of drug-likeness (QED) is 0.199. The molecule has 1 aliphatic rings. The van der Waals surface area contributed by atoms with Gasteiger partial charge in [0, 0.05) is 0 Å². The van der Waals surface area contributed by atoms with Crippen LogP contribution in [-0.2, 0) is 6.42 Å². The van der Waals surface area contributed by atoms with Gasteiger partial charge in [-0.1, -0.05) is 85.0 Å². The maximum absolute atomic E-state index is 2.41. The van der Waals surface area contributed by atoms with E-state index in [-0.39, 0.29) is 0 Å². The van der Waals surface area contributed by atoms with Crippen LogP contribution in [-0.4, -0.2) is 0 Å². The third-order valence-corrected chi connectivity index (χ3v) is 6.71. The van der Waals surface area contributed by atoms with Gasteiger partial charge in [-0.3, -0.25) is 0 Å². The number of hydrogen-bond donors (Lipinski definition) is 0. The van der Waals surface area contributed by atoms with Crippen molar-refractivity contribution in [3.8, 4) is 0 Å². The first kappa shape index (κ1) is 18.2. The van der Waals surface area contributed by atoms with Gasteiger partial charge >= 0.3 is 0 Å². The highest BCUT2D eigenvalue weighted by molar-refractivity contribution is 6.26. The smallest absolute Gasteiger partial charge is 0.00232 e. The summed E-state index contributed by atoms with van der Waals surface area (Å²) in [5.41, 5.74) is 4.08. The van der Waals surface area contributed by atoms with Crippen LogP contribution in [0.25, 0.3) is 61.3 Å². The fourth-order valence-electron chi connectivity index (χ4n) is 5.45. The largest absolute Gasteiger partial charge is 0.0870 e. The van der Waals surface area contributed by atoms with E-state index in [2.05, 4.69) is 111 Å². The van der Waals surface area contributed by atoms with E-state index in [1.807, 2.05) is 0 Å². The second-order valence-corrected chi connectivity index (χ2v) is 8.35. The molecule has 6 rings (SSSR count). The number of fused-ring (bicyclic) bond motifs is 5. The Labute approximate surface area is 182 Å². The van der Waals surface area contributed by atoms with Crippen LogP contribution in [0.4, 0.5) is 0 Å². The van der Waals surface area contributed by atoms with E-state index in [0.29, 0.717) is 0 Å². The molecule has 0 heteroatoms. The third kappa shape index (κ3) is 2.55. The average molecular weight is 397 g/mol. The fraction of sp³-hybridized carbons (Fsp3) is 0.0968. The van der Waals surface area contributed by atoms with Gasteiger partial charge in [0.15, 0.2) is 0 Å². The van der Waals surface area contributed by atoms with Gasteiger partial charge in [0.25, 0.3) is 0 Å². The van der Waals surface area contributed by atoms with Crippen LogP contribution in [0.15, 0.2) is 78.9 Å². The Morgan fingerprint density at radius 1 is 0.742 bits per heavy atom. The molecule has 148 valence electrons. The molecule has 31 heavy (non-hydrogen) atoms. The first-order valence-electron chi connectivity index (χ1n) is 11.1. The zero-order valence-electron chi connectivity index (χ0n) is 17.9. The Bertz CT molecular complexity index is 1660. The minimum atomic E-state index is 0.974. The van der Waals surface area contributed by atoms with E-state index in [0.717, 1.165) is 6.42 Å². The van der Waals surface area contributed by atoms with E-state index in [1.54, 1.807) is 0 Å². The Morgan fingerprint density at radius 3 is 2.45 bits per heavy atom. The van der Waals surface area contributed by atoms with Gasteiger partial charge in [-0.05, 0) is 97.4 Å². The van der Waals surface area contributed by atoms with Crippen LogP contribution in [0, 0.1) is 0 Å². The highest BCUT2D eigenvalue weighted by Gasteiger charge is 2.17. The highest BCUT2D eigenvalue weighted by atomic mass is 14.2. The Morgan fingerprint density at radius 2 is 1.58 bits per heavy atom. The molecule has 0 aliphatic heterocycles. The lowest BCUT2D eigenvalue weighted by molar-refractivity contribution is 1.30. The number of hydrogen-bond acceptors (Lipinski definition) is 0. The van der Waals surface area contributed by atoms with E-state index in [9.17, 15) is 0 Å². The van der Waals surface area contributed by atoms with E-state index in [1.165, 1.54) is 65.0 Å². The second-order valence-electron chi connectivity index (χ2n) is 8.35. The Balaban J connectivity index is 1.98. The summed E-state index contributed by atoms with van der Waals surface area (Å²) in [5.74, 6) is 0. The molecule has 0 aromatic heterocycles. The van der Waals surface area contributed by atoms with Crippen molar-refractivity contribution in [3.63, 3.8) is 0 Å². The summed E-state index contributed by atoms with van der Waals surface area (Å²) in [6.45, 7) is 4.29. The van der Waals surface area contributed by atoms with E-state index >= 15 is 0 Å². The molecule has 0 saturated heterocycles. The first-order chi connectivity index (χ1) is 15.3. The van der Waals surface area contributed by atoms with Crippen LogP contribution in [0.5, 0.6) is 0 Å². The van der Waals surface area contributed by atoms with E-state index in [4.69, 9.17) is 0 Å². The molecule has 0 bridgehead atoms. The summed E-state index contributed by atoms with van der Waals surface area (Å²) in [5, 5.41) is 12.1. The first-order valence-corrected chi connectivity index (χ1v) is 11.1. The van der Waals surface area contributed by atoms with Gasteiger partial charge in [0.2, 0.25) is 0 Å². The molecule has 0 amide bonds. The topological polar surface area (TPSA) is 0 Å². The average Bonchev–Trinajstić information content (AvgIpc) is 3.05. The van der Waals surface area contributed by atoms with Gasteiger partial charge < -0.3 is 0 Å². The summed E-state index contributed by atoms with van der Waals surface area (Å²) in [6.07, 6.45) is 16.6. The summed E-state index contributed by atoms with van der Waals surface area (Å²) in [7, 11) is 0. The number of rotatable bonds is 1. The lowest BCUT2D eigenvalue weighted by Crippen LogP contribution is -2.08. The summed E-state index contributed by atoms with van der Waals surface area (Å²) in [4.78, 5) is 0. The van der Waals surface area contributed by atoms with Crippen molar-refractivity contribution < 1.29 is 0 Å². The summed E-state index contributed by atoms with van der Waals surface area (Å²) in [6, 6.07) is 20.4. The van der Waals surface area contributed by atoms with Crippen molar-refractivity contribution in [1.82, 2.24) is 0 Å². The van der Waals surface area contributed by atoms with Crippen LogP contribution < -0.4 is 5.22 Å². The monoisotopic (exact) mass is 396 g/mol. The second kappa shape index (κ2) is 6.96.